The van der Waals surface area contributed by atoms with E-state index in [4.69, 9.17) is 0 Å². The lowest BCUT2D eigenvalue weighted by Crippen LogP contribution is -2.38. The van der Waals surface area contributed by atoms with Crippen LogP contribution in [0.2, 0.25) is 0 Å². The summed E-state index contributed by atoms with van der Waals surface area (Å²) in [6, 6.07) is 13.9. The van der Waals surface area contributed by atoms with E-state index in [2.05, 4.69) is 15.2 Å². The van der Waals surface area contributed by atoms with Crippen LogP contribution in [-0.2, 0) is 11.2 Å². The third-order valence-corrected chi connectivity index (χ3v) is 8.03. The molecule has 0 radical (unpaired) electrons. The maximum atomic E-state index is 13.2. The van der Waals surface area contributed by atoms with Crippen molar-refractivity contribution in [3.63, 3.8) is 0 Å². The number of nitrogens with zero attached hydrogens (tertiary/aromatic N) is 2. The van der Waals surface area contributed by atoms with Gasteiger partial charge in [0.05, 0.1) is 12.2 Å². The molecule has 1 amide bonds. The van der Waals surface area contributed by atoms with Gasteiger partial charge in [-0.15, -0.1) is 22.7 Å². The molecule has 34 heavy (non-hydrogen) atoms. The number of hydrogen-bond acceptors (Lipinski definition) is 6. The first-order valence-electron chi connectivity index (χ1n) is 11.0. The van der Waals surface area contributed by atoms with Crippen LogP contribution in [0.3, 0.4) is 0 Å². The van der Waals surface area contributed by atoms with E-state index in [9.17, 15) is 19.1 Å². The Hall–Kier alpha value is -3.14. The van der Waals surface area contributed by atoms with Gasteiger partial charge in [-0.2, -0.15) is 0 Å². The minimum Gasteiger partial charge on any atom is -0.477 e. The maximum absolute atomic E-state index is 13.2. The Labute approximate surface area is 203 Å². The number of carboxylic acids is 1. The van der Waals surface area contributed by atoms with Crippen molar-refractivity contribution in [2.75, 3.05) is 18.4 Å². The van der Waals surface area contributed by atoms with E-state index in [1.165, 1.54) is 34.8 Å². The van der Waals surface area contributed by atoms with Gasteiger partial charge in [0.1, 0.15) is 10.7 Å². The second-order valence-corrected chi connectivity index (χ2v) is 10.2. The van der Waals surface area contributed by atoms with Crippen molar-refractivity contribution in [3.8, 4) is 11.3 Å². The first-order valence-corrected chi connectivity index (χ1v) is 12.7. The Kier molecular flexibility index (Phi) is 6.40. The first-order chi connectivity index (χ1) is 16.5. The van der Waals surface area contributed by atoms with Gasteiger partial charge in [0, 0.05) is 21.7 Å². The number of benzene rings is 2. The number of aromatic carboxylic acids is 1. The van der Waals surface area contributed by atoms with Crippen LogP contribution >= 0.6 is 22.7 Å². The molecule has 0 saturated carbocycles. The number of rotatable bonds is 7. The Balaban J connectivity index is 1.26. The molecule has 2 aromatic heterocycles. The molecule has 1 aliphatic rings. The van der Waals surface area contributed by atoms with Gasteiger partial charge in [0.25, 0.3) is 0 Å². The summed E-state index contributed by atoms with van der Waals surface area (Å²) < 4.78 is 14.1. The molecule has 2 aromatic carbocycles. The van der Waals surface area contributed by atoms with Crippen LogP contribution < -0.4 is 5.32 Å². The molecule has 9 heteroatoms. The monoisotopic (exact) mass is 495 g/mol. The molecule has 174 valence electrons. The predicted molar refractivity (Wildman–Crippen MR) is 133 cm³/mol. The Morgan fingerprint density at radius 3 is 2.76 bits per heavy atom. The normalized spacial score (nSPS) is 16.2. The van der Waals surface area contributed by atoms with Crippen LogP contribution in [-0.4, -0.2) is 46.0 Å². The summed E-state index contributed by atoms with van der Waals surface area (Å²) in [5.41, 5.74) is 2.33. The van der Waals surface area contributed by atoms with Crippen molar-refractivity contribution in [2.24, 2.45) is 0 Å². The van der Waals surface area contributed by atoms with Crippen LogP contribution in [0.15, 0.2) is 53.9 Å². The number of hydrogen-bond donors (Lipinski definition) is 2. The van der Waals surface area contributed by atoms with Gasteiger partial charge in [-0.3, -0.25) is 9.69 Å². The highest BCUT2D eigenvalue weighted by Crippen LogP contribution is 2.34. The Morgan fingerprint density at radius 2 is 1.97 bits per heavy atom. The SMILES string of the molecule is O=C(CN1CCC[C@H]1Cc1c(C(=O)O)sc2ccccc12)Nc1nc(-c2ccc(F)cc2)cs1. The van der Waals surface area contributed by atoms with Crippen molar-refractivity contribution in [1.29, 1.82) is 0 Å². The Morgan fingerprint density at radius 1 is 1.18 bits per heavy atom. The van der Waals surface area contributed by atoms with Crippen LogP contribution in [0.4, 0.5) is 9.52 Å². The fourth-order valence-electron chi connectivity index (χ4n) is 4.47. The number of halogens is 1. The molecule has 0 aliphatic carbocycles. The molecule has 0 spiro atoms. The zero-order valence-corrected chi connectivity index (χ0v) is 19.8. The lowest BCUT2D eigenvalue weighted by Gasteiger charge is -2.23. The molecule has 4 aromatic rings. The largest absolute Gasteiger partial charge is 0.477 e. The minimum absolute atomic E-state index is 0.105. The van der Waals surface area contributed by atoms with Gasteiger partial charge < -0.3 is 10.4 Å². The molecule has 5 rings (SSSR count). The smallest absolute Gasteiger partial charge is 0.346 e. The number of nitrogens with one attached hydrogen (secondary N) is 1. The predicted octanol–water partition coefficient (Wildman–Crippen LogP) is 5.51. The maximum Gasteiger partial charge on any atom is 0.346 e. The number of aromatic nitrogens is 1. The fourth-order valence-corrected chi connectivity index (χ4v) is 6.28. The second-order valence-electron chi connectivity index (χ2n) is 8.27. The van der Waals surface area contributed by atoms with Gasteiger partial charge >= 0.3 is 5.97 Å². The number of fused-ring (bicyclic) bond motifs is 1. The average molecular weight is 496 g/mol. The molecule has 1 aliphatic heterocycles. The number of likely N-dealkylation sites (tertiary alicyclic amines) is 1. The number of amides is 1. The van der Waals surface area contributed by atoms with Gasteiger partial charge in [-0.1, -0.05) is 18.2 Å². The van der Waals surface area contributed by atoms with Crippen molar-refractivity contribution < 1.29 is 19.1 Å². The van der Waals surface area contributed by atoms with Crippen molar-refractivity contribution in [2.45, 2.75) is 25.3 Å². The highest BCUT2D eigenvalue weighted by Gasteiger charge is 2.29. The first kappa shape index (κ1) is 22.6. The Bertz CT molecular complexity index is 1350. The number of carbonyl (C=O) groups excluding carboxylic acids is 1. The van der Waals surface area contributed by atoms with E-state index < -0.39 is 5.97 Å². The molecule has 1 saturated heterocycles. The topological polar surface area (TPSA) is 82.5 Å². The standard InChI is InChI=1S/C25H22FN3O3S2/c26-16-9-7-15(8-10-16)20-14-33-25(27-20)28-22(30)13-29-11-3-4-17(29)12-19-18-5-1-2-6-21(18)34-23(19)24(31)32/h1-2,5-10,14,17H,3-4,11-13H2,(H,31,32)(H,27,28,30)/t17-/m0/s1. The van der Waals surface area contributed by atoms with E-state index >= 15 is 0 Å². The molecule has 1 atom stereocenters. The average Bonchev–Trinajstić information content (AvgIpc) is 3.54. The zero-order chi connectivity index (χ0) is 23.7. The van der Waals surface area contributed by atoms with E-state index in [0.717, 1.165) is 40.6 Å². The molecule has 2 N–H and O–H groups in total. The molecule has 0 bridgehead atoms. The second kappa shape index (κ2) is 9.61. The van der Waals surface area contributed by atoms with Gasteiger partial charge in [0.2, 0.25) is 5.91 Å². The van der Waals surface area contributed by atoms with Gasteiger partial charge in [-0.05, 0) is 67.1 Å². The number of carboxylic acid groups (broad SMARTS) is 1. The van der Waals surface area contributed by atoms with Gasteiger partial charge in [0.15, 0.2) is 5.13 Å². The van der Waals surface area contributed by atoms with Crippen molar-refractivity contribution >= 4 is 49.8 Å². The fraction of sp³-hybridized carbons (Fsp3) is 0.240. The summed E-state index contributed by atoms with van der Waals surface area (Å²) in [7, 11) is 0. The van der Waals surface area contributed by atoms with Crippen LogP contribution in [0.1, 0.15) is 28.1 Å². The highest BCUT2D eigenvalue weighted by atomic mass is 32.1. The number of anilines is 1. The lowest BCUT2D eigenvalue weighted by molar-refractivity contribution is -0.117. The number of carbonyl (C=O) groups is 2. The lowest BCUT2D eigenvalue weighted by atomic mass is 10.0. The third kappa shape index (κ3) is 4.72. The van der Waals surface area contributed by atoms with Crippen molar-refractivity contribution in [1.82, 2.24) is 9.88 Å². The number of thiophene rings is 1. The summed E-state index contributed by atoms with van der Waals surface area (Å²) in [6.45, 7) is 1.02. The van der Waals surface area contributed by atoms with E-state index in [1.54, 1.807) is 12.1 Å². The van der Waals surface area contributed by atoms with Crippen molar-refractivity contribution in [3.05, 3.63) is 70.2 Å². The van der Waals surface area contributed by atoms with Crippen LogP contribution in [0.5, 0.6) is 0 Å². The summed E-state index contributed by atoms with van der Waals surface area (Å²) in [6.07, 6.45) is 2.49. The highest BCUT2D eigenvalue weighted by molar-refractivity contribution is 7.21. The molecular formula is C25H22FN3O3S2. The minimum atomic E-state index is -0.904. The summed E-state index contributed by atoms with van der Waals surface area (Å²) >= 11 is 2.64. The zero-order valence-electron chi connectivity index (χ0n) is 18.2. The van der Waals surface area contributed by atoms with Gasteiger partial charge in [-0.25, -0.2) is 14.2 Å². The molecule has 6 nitrogen and oxygen atoms in total. The molecular weight excluding hydrogens is 473 g/mol. The molecule has 3 heterocycles. The molecule has 1 fully saturated rings. The van der Waals surface area contributed by atoms with E-state index in [0.29, 0.717) is 22.1 Å². The summed E-state index contributed by atoms with van der Waals surface area (Å²) in [5.74, 6) is -1.36. The summed E-state index contributed by atoms with van der Waals surface area (Å²) in [4.78, 5) is 31.6. The van der Waals surface area contributed by atoms with Crippen LogP contribution in [0.25, 0.3) is 21.3 Å². The third-order valence-electron chi connectivity index (χ3n) is 6.07. The van der Waals surface area contributed by atoms with E-state index in [-0.39, 0.29) is 24.3 Å². The molecule has 0 unspecified atom stereocenters. The van der Waals surface area contributed by atoms with E-state index in [1.807, 2.05) is 29.6 Å². The number of thiazole rings is 1. The van der Waals surface area contributed by atoms with Crippen LogP contribution in [0, 0.1) is 5.82 Å². The summed E-state index contributed by atoms with van der Waals surface area (Å²) in [5, 5.41) is 15.9. The quantitative estimate of drug-likeness (QED) is 0.353.